The second-order valence-electron chi connectivity index (χ2n) is 5.38. The SMILES string of the molecule is CNC(C)c1ccn(Cc2ncnn2CC(C)C)c1. The van der Waals surface area contributed by atoms with Crippen LogP contribution < -0.4 is 5.32 Å². The molecule has 0 aromatic carbocycles. The highest BCUT2D eigenvalue weighted by atomic mass is 15.3. The van der Waals surface area contributed by atoms with Gasteiger partial charge in [-0.1, -0.05) is 13.8 Å². The first kappa shape index (κ1) is 13.8. The first-order chi connectivity index (χ1) is 9.10. The second-order valence-corrected chi connectivity index (χ2v) is 5.38. The number of rotatable bonds is 6. The third kappa shape index (κ3) is 3.44. The monoisotopic (exact) mass is 261 g/mol. The molecule has 1 N–H and O–H groups in total. The molecule has 5 nitrogen and oxygen atoms in total. The second kappa shape index (κ2) is 6.02. The molecule has 1 unspecified atom stereocenters. The van der Waals surface area contributed by atoms with E-state index in [2.05, 4.69) is 59.2 Å². The third-order valence-electron chi connectivity index (χ3n) is 3.26. The fraction of sp³-hybridized carbons (Fsp3) is 0.571. The summed E-state index contributed by atoms with van der Waals surface area (Å²) in [4.78, 5) is 4.35. The summed E-state index contributed by atoms with van der Waals surface area (Å²) in [6.45, 7) is 8.21. The Morgan fingerprint density at radius 3 is 2.79 bits per heavy atom. The molecule has 104 valence electrons. The number of hydrogen-bond acceptors (Lipinski definition) is 3. The number of hydrogen-bond donors (Lipinski definition) is 1. The molecule has 2 aromatic heterocycles. The molecule has 0 aliphatic carbocycles. The largest absolute Gasteiger partial charge is 0.346 e. The van der Waals surface area contributed by atoms with Gasteiger partial charge >= 0.3 is 0 Å². The van der Waals surface area contributed by atoms with Gasteiger partial charge in [-0.3, -0.25) is 0 Å². The van der Waals surface area contributed by atoms with E-state index in [9.17, 15) is 0 Å². The molecule has 2 rings (SSSR count). The standard InChI is InChI=1S/C14H23N5/c1-11(2)7-19-14(16-10-17-19)9-18-6-5-13(8-18)12(3)15-4/h5-6,8,10-12,15H,7,9H2,1-4H3. The number of nitrogens with one attached hydrogen (secondary N) is 1. The van der Waals surface area contributed by atoms with Gasteiger partial charge in [0.15, 0.2) is 0 Å². The van der Waals surface area contributed by atoms with E-state index < -0.39 is 0 Å². The summed E-state index contributed by atoms with van der Waals surface area (Å²) in [5, 5.41) is 7.53. The zero-order chi connectivity index (χ0) is 13.8. The Kier molecular flexibility index (Phi) is 4.37. The van der Waals surface area contributed by atoms with Crippen molar-refractivity contribution in [1.82, 2.24) is 24.6 Å². The van der Waals surface area contributed by atoms with Crippen molar-refractivity contribution in [2.75, 3.05) is 7.05 Å². The predicted octanol–water partition coefficient (Wildman–Crippen LogP) is 2.06. The molecule has 2 heterocycles. The molecule has 0 amide bonds. The molecular formula is C14H23N5. The van der Waals surface area contributed by atoms with Crippen molar-refractivity contribution in [2.24, 2.45) is 5.92 Å². The van der Waals surface area contributed by atoms with Gasteiger partial charge in [0.2, 0.25) is 0 Å². The van der Waals surface area contributed by atoms with Gasteiger partial charge in [-0.15, -0.1) is 0 Å². The lowest BCUT2D eigenvalue weighted by Crippen LogP contribution is -2.13. The summed E-state index contributed by atoms with van der Waals surface area (Å²) in [6, 6.07) is 2.51. The molecule has 5 heteroatoms. The van der Waals surface area contributed by atoms with Crippen LogP contribution in [0.4, 0.5) is 0 Å². The Morgan fingerprint density at radius 1 is 1.32 bits per heavy atom. The Labute approximate surface area is 114 Å². The molecule has 0 saturated carbocycles. The molecule has 1 atom stereocenters. The molecular weight excluding hydrogens is 238 g/mol. The van der Waals surface area contributed by atoms with E-state index in [0.29, 0.717) is 12.0 Å². The quantitative estimate of drug-likeness (QED) is 0.866. The van der Waals surface area contributed by atoms with Crippen LogP contribution in [-0.2, 0) is 13.1 Å². The summed E-state index contributed by atoms with van der Waals surface area (Å²) in [6.07, 6.45) is 5.89. The van der Waals surface area contributed by atoms with Gasteiger partial charge in [-0.2, -0.15) is 5.10 Å². The Hall–Kier alpha value is -1.62. The molecule has 0 saturated heterocycles. The molecule has 0 spiro atoms. The first-order valence-electron chi connectivity index (χ1n) is 6.79. The first-order valence-corrected chi connectivity index (χ1v) is 6.79. The van der Waals surface area contributed by atoms with E-state index in [1.165, 1.54) is 5.56 Å². The lowest BCUT2D eigenvalue weighted by molar-refractivity contribution is 0.461. The molecule has 0 aliphatic heterocycles. The fourth-order valence-corrected chi connectivity index (χ4v) is 2.05. The fourth-order valence-electron chi connectivity index (χ4n) is 2.05. The highest BCUT2D eigenvalue weighted by Crippen LogP contribution is 2.13. The van der Waals surface area contributed by atoms with Crippen molar-refractivity contribution in [3.63, 3.8) is 0 Å². The maximum Gasteiger partial charge on any atom is 0.146 e. The van der Waals surface area contributed by atoms with Crippen LogP contribution in [0.25, 0.3) is 0 Å². The predicted molar refractivity (Wildman–Crippen MR) is 75.9 cm³/mol. The molecule has 0 radical (unpaired) electrons. The minimum Gasteiger partial charge on any atom is -0.346 e. The van der Waals surface area contributed by atoms with Crippen LogP contribution in [0.15, 0.2) is 24.8 Å². The van der Waals surface area contributed by atoms with Gasteiger partial charge in [0.25, 0.3) is 0 Å². The van der Waals surface area contributed by atoms with Gasteiger partial charge in [-0.05, 0) is 31.5 Å². The summed E-state index contributed by atoms with van der Waals surface area (Å²) in [5.41, 5.74) is 1.29. The summed E-state index contributed by atoms with van der Waals surface area (Å²) in [7, 11) is 1.97. The van der Waals surface area contributed by atoms with E-state index in [0.717, 1.165) is 18.9 Å². The summed E-state index contributed by atoms with van der Waals surface area (Å²) < 4.78 is 4.15. The molecule has 0 aliphatic rings. The van der Waals surface area contributed by atoms with E-state index in [4.69, 9.17) is 0 Å². The van der Waals surface area contributed by atoms with Crippen molar-refractivity contribution in [2.45, 2.75) is 39.9 Å². The van der Waals surface area contributed by atoms with E-state index in [1.807, 2.05) is 11.7 Å². The van der Waals surface area contributed by atoms with Crippen LogP contribution in [0.1, 0.15) is 38.2 Å². The lowest BCUT2D eigenvalue weighted by atomic mass is 10.2. The van der Waals surface area contributed by atoms with Crippen LogP contribution in [0.3, 0.4) is 0 Å². The smallest absolute Gasteiger partial charge is 0.146 e. The highest BCUT2D eigenvalue weighted by Gasteiger charge is 2.08. The van der Waals surface area contributed by atoms with Gasteiger partial charge in [0, 0.05) is 25.0 Å². The Balaban J connectivity index is 2.09. The zero-order valence-electron chi connectivity index (χ0n) is 12.2. The normalized spacial score (nSPS) is 13.1. The molecule has 19 heavy (non-hydrogen) atoms. The zero-order valence-corrected chi connectivity index (χ0v) is 12.2. The molecule has 0 fully saturated rings. The van der Waals surface area contributed by atoms with Crippen molar-refractivity contribution >= 4 is 0 Å². The maximum atomic E-state index is 4.35. The van der Waals surface area contributed by atoms with Crippen molar-refractivity contribution < 1.29 is 0 Å². The van der Waals surface area contributed by atoms with Crippen molar-refractivity contribution in [3.05, 3.63) is 36.2 Å². The topological polar surface area (TPSA) is 47.7 Å². The average molecular weight is 261 g/mol. The third-order valence-corrected chi connectivity index (χ3v) is 3.26. The van der Waals surface area contributed by atoms with Gasteiger partial charge in [0.1, 0.15) is 12.2 Å². The molecule has 0 bridgehead atoms. The van der Waals surface area contributed by atoms with Crippen LogP contribution in [0.2, 0.25) is 0 Å². The van der Waals surface area contributed by atoms with E-state index in [-0.39, 0.29) is 0 Å². The molecule has 2 aromatic rings. The van der Waals surface area contributed by atoms with Crippen LogP contribution in [0, 0.1) is 5.92 Å². The Morgan fingerprint density at radius 2 is 2.11 bits per heavy atom. The number of nitrogens with zero attached hydrogens (tertiary/aromatic N) is 4. The summed E-state index contributed by atoms with van der Waals surface area (Å²) >= 11 is 0. The number of aromatic nitrogens is 4. The van der Waals surface area contributed by atoms with E-state index in [1.54, 1.807) is 6.33 Å². The highest BCUT2D eigenvalue weighted by molar-refractivity contribution is 5.15. The minimum atomic E-state index is 0.370. The van der Waals surface area contributed by atoms with Gasteiger partial charge < -0.3 is 9.88 Å². The summed E-state index contributed by atoms with van der Waals surface area (Å²) in [5.74, 6) is 1.58. The minimum absolute atomic E-state index is 0.370. The van der Waals surface area contributed by atoms with Crippen molar-refractivity contribution in [1.29, 1.82) is 0 Å². The van der Waals surface area contributed by atoms with Crippen LogP contribution >= 0.6 is 0 Å². The lowest BCUT2D eigenvalue weighted by Gasteiger charge is -2.09. The average Bonchev–Trinajstić information content (AvgIpc) is 2.99. The Bertz CT molecular complexity index is 511. The van der Waals surface area contributed by atoms with Gasteiger partial charge in [0.05, 0.1) is 6.54 Å². The van der Waals surface area contributed by atoms with Crippen LogP contribution in [-0.4, -0.2) is 26.4 Å². The van der Waals surface area contributed by atoms with E-state index >= 15 is 0 Å². The van der Waals surface area contributed by atoms with Gasteiger partial charge in [-0.25, -0.2) is 9.67 Å². The van der Waals surface area contributed by atoms with Crippen molar-refractivity contribution in [3.8, 4) is 0 Å². The van der Waals surface area contributed by atoms with Crippen LogP contribution in [0.5, 0.6) is 0 Å². The maximum absolute atomic E-state index is 4.35.